The third-order valence-corrected chi connectivity index (χ3v) is 4.76. The van der Waals surface area contributed by atoms with Crippen LogP contribution in [0.3, 0.4) is 0 Å². The van der Waals surface area contributed by atoms with Crippen molar-refractivity contribution < 1.29 is 9.59 Å². The number of rotatable bonds is 1. The maximum absolute atomic E-state index is 11.8. The molecule has 1 aliphatic heterocycles. The van der Waals surface area contributed by atoms with Gasteiger partial charge in [0.2, 0.25) is 11.8 Å². The van der Waals surface area contributed by atoms with Gasteiger partial charge in [-0.2, -0.15) is 0 Å². The Hall–Kier alpha value is -0.860. The van der Waals surface area contributed by atoms with Crippen molar-refractivity contribution in [2.24, 2.45) is 17.3 Å². The highest BCUT2D eigenvalue weighted by atomic mass is 16.2. The van der Waals surface area contributed by atoms with Crippen molar-refractivity contribution in [2.45, 2.75) is 52.4 Å². The Morgan fingerprint density at radius 3 is 2.81 bits per heavy atom. The molecule has 0 aromatic rings. The lowest BCUT2D eigenvalue weighted by Gasteiger charge is -2.49. The minimum atomic E-state index is -0.0662. The van der Waals surface area contributed by atoms with E-state index in [0.717, 1.165) is 12.8 Å². The molecule has 2 fully saturated rings. The summed E-state index contributed by atoms with van der Waals surface area (Å²) in [6, 6.07) is 0. The molecular formula is C13H21NO2. The van der Waals surface area contributed by atoms with Gasteiger partial charge in [-0.1, -0.05) is 33.1 Å². The van der Waals surface area contributed by atoms with E-state index in [4.69, 9.17) is 0 Å². The topological polar surface area (TPSA) is 46.2 Å². The van der Waals surface area contributed by atoms with Crippen LogP contribution in [0.2, 0.25) is 0 Å². The highest BCUT2D eigenvalue weighted by molar-refractivity contribution is 5.99. The lowest BCUT2D eigenvalue weighted by molar-refractivity contribution is -0.148. The van der Waals surface area contributed by atoms with Crippen LogP contribution < -0.4 is 5.32 Å². The molecule has 1 N–H and O–H groups in total. The molecule has 0 radical (unpaired) electrons. The molecule has 2 rings (SSSR count). The third-order valence-electron chi connectivity index (χ3n) is 4.76. The molecule has 0 bridgehead atoms. The van der Waals surface area contributed by atoms with Crippen LogP contribution in [-0.4, -0.2) is 11.8 Å². The summed E-state index contributed by atoms with van der Waals surface area (Å²) in [5.74, 6) is 0.418. The van der Waals surface area contributed by atoms with Gasteiger partial charge in [-0.25, -0.2) is 0 Å². The number of nitrogens with one attached hydrogen (secondary N) is 1. The molecule has 2 amide bonds. The van der Waals surface area contributed by atoms with Crippen LogP contribution >= 0.6 is 0 Å². The van der Waals surface area contributed by atoms with E-state index in [-0.39, 0.29) is 23.1 Å². The summed E-state index contributed by atoms with van der Waals surface area (Å²) in [4.78, 5) is 23.4. The van der Waals surface area contributed by atoms with Crippen molar-refractivity contribution in [3.63, 3.8) is 0 Å². The highest BCUT2D eigenvalue weighted by Crippen LogP contribution is 2.52. The van der Waals surface area contributed by atoms with Gasteiger partial charge in [0, 0.05) is 12.3 Å². The van der Waals surface area contributed by atoms with Gasteiger partial charge in [0.15, 0.2) is 0 Å². The van der Waals surface area contributed by atoms with Gasteiger partial charge in [-0.05, 0) is 24.2 Å². The molecular weight excluding hydrogens is 202 g/mol. The van der Waals surface area contributed by atoms with Crippen LogP contribution in [0.4, 0.5) is 0 Å². The highest BCUT2D eigenvalue weighted by Gasteiger charge is 2.50. The first-order valence-electron chi connectivity index (χ1n) is 6.44. The van der Waals surface area contributed by atoms with Crippen molar-refractivity contribution in [3.8, 4) is 0 Å². The average Bonchev–Trinajstić information content (AvgIpc) is 2.26. The Morgan fingerprint density at radius 2 is 2.12 bits per heavy atom. The van der Waals surface area contributed by atoms with E-state index in [1.54, 1.807) is 0 Å². The van der Waals surface area contributed by atoms with Gasteiger partial charge in [0.1, 0.15) is 0 Å². The summed E-state index contributed by atoms with van der Waals surface area (Å²) in [5.41, 5.74) is -0.0353. The second kappa shape index (κ2) is 4.19. The first-order chi connectivity index (χ1) is 7.60. The van der Waals surface area contributed by atoms with Gasteiger partial charge in [0.05, 0.1) is 0 Å². The van der Waals surface area contributed by atoms with Crippen molar-refractivity contribution >= 4 is 11.8 Å². The summed E-state index contributed by atoms with van der Waals surface area (Å²) >= 11 is 0. The number of piperidine rings is 1. The third kappa shape index (κ3) is 1.66. The van der Waals surface area contributed by atoms with E-state index in [1.807, 2.05) is 6.92 Å². The number of hydrogen-bond acceptors (Lipinski definition) is 2. The Labute approximate surface area is 97.0 Å². The maximum atomic E-state index is 11.8. The molecule has 3 nitrogen and oxygen atoms in total. The minimum absolute atomic E-state index is 0.00421. The second-order valence-corrected chi connectivity index (χ2v) is 5.40. The largest absolute Gasteiger partial charge is 0.296 e. The second-order valence-electron chi connectivity index (χ2n) is 5.40. The molecule has 1 heterocycles. The van der Waals surface area contributed by atoms with Crippen LogP contribution in [0.5, 0.6) is 0 Å². The standard InChI is InChI=1S/C13H21NO2/c1-3-10-6-4-5-7-13(10)8-11(15)14-12(16)9(13)2/h9-10H,3-8H2,1-2H3,(H,14,15,16). The zero-order chi connectivity index (χ0) is 11.8. The molecule has 16 heavy (non-hydrogen) atoms. The van der Waals surface area contributed by atoms with Crippen LogP contribution in [0.25, 0.3) is 0 Å². The number of imide groups is 1. The maximum Gasteiger partial charge on any atom is 0.229 e. The summed E-state index contributed by atoms with van der Waals surface area (Å²) in [7, 11) is 0. The van der Waals surface area contributed by atoms with Crippen LogP contribution in [0.1, 0.15) is 52.4 Å². The van der Waals surface area contributed by atoms with E-state index in [2.05, 4.69) is 12.2 Å². The zero-order valence-electron chi connectivity index (χ0n) is 10.2. The van der Waals surface area contributed by atoms with E-state index < -0.39 is 0 Å². The molecule has 0 aromatic heterocycles. The first kappa shape index (κ1) is 11.6. The molecule has 1 aliphatic carbocycles. The number of carbonyl (C=O) groups excluding carboxylic acids is 2. The lowest BCUT2D eigenvalue weighted by atomic mass is 9.56. The Balaban J connectivity index is 2.31. The van der Waals surface area contributed by atoms with Gasteiger partial charge in [0.25, 0.3) is 0 Å². The molecule has 90 valence electrons. The molecule has 3 unspecified atom stereocenters. The fraction of sp³-hybridized carbons (Fsp3) is 0.846. The fourth-order valence-corrected chi connectivity index (χ4v) is 3.75. The molecule has 1 saturated carbocycles. The summed E-state index contributed by atoms with van der Waals surface area (Å²) < 4.78 is 0. The Kier molecular flexibility index (Phi) is 3.04. The lowest BCUT2D eigenvalue weighted by Crippen LogP contribution is -2.54. The first-order valence-corrected chi connectivity index (χ1v) is 6.44. The quantitative estimate of drug-likeness (QED) is 0.693. The SMILES string of the molecule is CCC1CCCCC12CC(=O)NC(=O)C2C. The molecule has 1 saturated heterocycles. The monoisotopic (exact) mass is 223 g/mol. The van der Waals surface area contributed by atoms with Crippen molar-refractivity contribution in [2.75, 3.05) is 0 Å². The molecule has 3 heteroatoms. The smallest absolute Gasteiger partial charge is 0.229 e. The van der Waals surface area contributed by atoms with Gasteiger partial charge in [-0.3, -0.25) is 14.9 Å². The number of hydrogen-bond donors (Lipinski definition) is 1. The molecule has 0 aromatic carbocycles. The van der Waals surface area contributed by atoms with Gasteiger partial charge in [-0.15, -0.1) is 0 Å². The summed E-state index contributed by atoms with van der Waals surface area (Å²) in [5, 5.41) is 2.47. The van der Waals surface area contributed by atoms with E-state index in [0.29, 0.717) is 12.3 Å². The van der Waals surface area contributed by atoms with E-state index in [9.17, 15) is 9.59 Å². The fourth-order valence-electron chi connectivity index (χ4n) is 3.75. The van der Waals surface area contributed by atoms with Crippen molar-refractivity contribution in [1.29, 1.82) is 0 Å². The molecule has 3 atom stereocenters. The average molecular weight is 223 g/mol. The Bertz CT molecular complexity index is 313. The normalized spacial score (nSPS) is 39.9. The van der Waals surface area contributed by atoms with E-state index >= 15 is 0 Å². The molecule has 1 spiro atoms. The van der Waals surface area contributed by atoms with Crippen molar-refractivity contribution in [3.05, 3.63) is 0 Å². The summed E-state index contributed by atoms with van der Waals surface area (Å²) in [6.07, 6.45) is 6.29. The minimum Gasteiger partial charge on any atom is -0.296 e. The number of carbonyl (C=O) groups is 2. The van der Waals surface area contributed by atoms with Crippen LogP contribution in [0.15, 0.2) is 0 Å². The van der Waals surface area contributed by atoms with Crippen LogP contribution in [-0.2, 0) is 9.59 Å². The molecule has 2 aliphatic rings. The van der Waals surface area contributed by atoms with E-state index in [1.165, 1.54) is 19.3 Å². The summed E-state index contributed by atoms with van der Waals surface area (Å²) in [6.45, 7) is 4.18. The van der Waals surface area contributed by atoms with Crippen molar-refractivity contribution in [1.82, 2.24) is 5.32 Å². The van der Waals surface area contributed by atoms with Gasteiger partial charge < -0.3 is 0 Å². The van der Waals surface area contributed by atoms with Crippen LogP contribution in [0, 0.1) is 17.3 Å². The zero-order valence-corrected chi connectivity index (χ0v) is 10.2. The predicted molar refractivity (Wildman–Crippen MR) is 61.6 cm³/mol. The Morgan fingerprint density at radius 1 is 1.38 bits per heavy atom. The van der Waals surface area contributed by atoms with Gasteiger partial charge >= 0.3 is 0 Å². The number of amides is 2. The predicted octanol–water partition coefficient (Wildman–Crippen LogP) is 2.26.